The standard InChI is InChI=1S/C16H21BrN2O/c17-13-6-2-1-5-12(13)11-16(20)19-10-9-18-14-7-3-4-8-15(14)19/h1-2,5-6,14-15,18H,3-4,7-11H2. The zero-order valence-electron chi connectivity index (χ0n) is 11.6. The maximum absolute atomic E-state index is 12.7. The number of carbonyl (C=O) groups is 1. The lowest BCUT2D eigenvalue weighted by atomic mass is 9.87. The summed E-state index contributed by atoms with van der Waals surface area (Å²) in [6.45, 7) is 1.79. The maximum atomic E-state index is 12.7. The van der Waals surface area contributed by atoms with Gasteiger partial charge in [0.25, 0.3) is 0 Å². The molecular formula is C16H21BrN2O. The molecule has 1 aliphatic heterocycles. The van der Waals surface area contributed by atoms with Gasteiger partial charge in [-0.1, -0.05) is 47.0 Å². The largest absolute Gasteiger partial charge is 0.337 e. The number of rotatable bonds is 2. The van der Waals surface area contributed by atoms with Gasteiger partial charge in [-0.15, -0.1) is 0 Å². The average molecular weight is 337 g/mol. The second-order valence-corrected chi connectivity index (χ2v) is 6.62. The fourth-order valence-electron chi connectivity index (χ4n) is 3.47. The number of nitrogens with zero attached hydrogens (tertiary/aromatic N) is 1. The van der Waals surface area contributed by atoms with E-state index in [2.05, 4.69) is 26.1 Å². The van der Waals surface area contributed by atoms with Crippen molar-refractivity contribution in [2.45, 2.75) is 44.2 Å². The first-order valence-corrected chi connectivity index (χ1v) is 8.31. The van der Waals surface area contributed by atoms with Crippen molar-refractivity contribution >= 4 is 21.8 Å². The van der Waals surface area contributed by atoms with Gasteiger partial charge in [-0.3, -0.25) is 4.79 Å². The highest BCUT2D eigenvalue weighted by Gasteiger charge is 2.35. The molecule has 1 N–H and O–H groups in total. The van der Waals surface area contributed by atoms with Crippen LogP contribution in [0.5, 0.6) is 0 Å². The quantitative estimate of drug-likeness (QED) is 0.900. The number of halogens is 1. The molecule has 0 spiro atoms. The molecule has 1 aromatic rings. The number of amides is 1. The minimum absolute atomic E-state index is 0.273. The highest BCUT2D eigenvalue weighted by molar-refractivity contribution is 9.10. The Morgan fingerprint density at radius 2 is 2.10 bits per heavy atom. The van der Waals surface area contributed by atoms with Crippen LogP contribution >= 0.6 is 15.9 Å². The van der Waals surface area contributed by atoms with Crippen LogP contribution in [0.25, 0.3) is 0 Å². The van der Waals surface area contributed by atoms with Gasteiger partial charge >= 0.3 is 0 Å². The molecule has 3 rings (SSSR count). The van der Waals surface area contributed by atoms with Gasteiger partial charge in [-0.05, 0) is 24.5 Å². The summed E-state index contributed by atoms with van der Waals surface area (Å²) in [4.78, 5) is 14.8. The summed E-state index contributed by atoms with van der Waals surface area (Å²) in [6, 6.07) is 8.94. The topological polar surface area (TPSA) is 32.3 Å². The molecule has 2 aliphatic rings. The van der Waals surface area contributed by atoms with Gasteiger partial charge in [0, 0.05) is 29.6 Å². The van der Waals surface area contributed by atoms with Gasteiger partial charge in [-0.2, -0.15) is 0 Å². The molecule has 1 saturated heterocycles. The molecule has 3 nitrogen and oxygen atoms in total. The molecule has 1 amide bonds. The van der Waals surface area contributed by atoms with E-state index in [9.17, 15) is 4.79 Å². The molecule has 1 aliphatic carbocycles. The van der Waals surface area contributed by atoms with Crippen LogP contribution in [0.4, 0.5) is 0 Å². The van der Waals surface area contributed by atoms with E-state index in [0.717, 1.165) is 29.5 Å². The summed E-state index contributed by atoms with van der Waals surface area (Å²) in [5, 5.41) is 3.58. The van der Waals surface area contributed by atoms with Crippen molar-refractivity contribution in [3.63, 3.8) is 0 Å². The molecule has 2 fully saturated rings. The highest BCUT2D eigenvalue weighted by atomic mass is 79.9. The van der Waals surface area contributed by atoms with E-state index in [1.54, 1.807) is 0 Å². The minimum Gasteiger partial charge on any atom is -0.337 e. The summed E-state index contributed by atoms with van der Waals surface area (Å²) in [7, 11) is 0. The van der Waals surface area contributed by atoms with Crippen molar-refractivity contribution in [1.82, 2.24) is 10.2 Å². The van der Waals surface area contributed by atoms with Crippen LogP contribution in [0.3, 0.4) is 0 Å². The number of hydrogen-bond donors (Lipinski definition) is 1. The van der Waals surface area contributed by atoms with Crippen LogP contribution in [0.2, 0.25) is 0 Å². The lowest BCUT2D eigenvalue weighted by Gasteiger charge is -2.44. The summed E-state index contributed by atoms with van der Waals surface area (Å²) >= 11 is 3.53. The van der Waals surface area contributed by atoms with Crippen molar-refractivity contribution in [1.29, 1.82) is 0 Å². The van der Waals surface area contributed by atoms with Crippen molar-refractivity contribution in [2.75, 3.05) is 13.1 Å². The SMILES string of the molecule is O=C(Cc1ccccc1Br)N1CCNC2CCCCC21. The number of hydrogen-bond acceptors (Lipinski definition) is 2. The highest BCUT2D eigenvalue weighted by Crippen LogP contribution is 2.26. The molecule has 1 heterocycles. The lowest BCUT2D eigenvalue weighted by Crippen LogP contribution is -2.60. The predicted octanol–water partition coefficient (Wildman–Crippen LogP) is 2.73. The Kier molecular flexibility index (Phi) is 4.41. The number of carbonyl (C=O) groups excluding carboxylic acids is 1. The molecule has 2 unspecified atom stereocenters. The summed E-state index contributed by atoms with van der Waals surface area (Å²) < 4.78 is 1.03. The Bertz CT molecular complexity index is 489. The third kappa shape index (κ3) is 2.91. The van der Waals surface area contributed by atoms with Crippen LogP contribution in [-0.2, 0) is 11.2 Å². The van der Waals surface area contributed by atoms with Gasteiger partial charge in [0.1, 0.15) is 0 Å². The Balaban J connectivity index is 1.71. The molecule has 1 aromatic carbocycles. The molecule has 20 heavy (non-hydrogen) atoms. The van der Waals surface area contributed by atoms with Crippen LogP contribution in [0.1, 0.15) is 31.2 Å². The Morgan fingerprint density at radius 3 is 2.95 bits per heavy atom. The fourth-order valence-corrected chi connectivity index (χ4v) is 3.90. The lowest BCUT2D eigenvalue weighted by molar-refractivity contribution is -0.135. The maximum Gasteiger partial charge on any atom is 0.227 e. The molecule has 2 atom stereocenters. The van der Waals surface area contributed by atoms with Crippen molar-refractivity contribution in [2.24, 2.45) is 0 Å². The normalized spacial score (nSPS) is 26.1. The molecule has 0 radical (unpaired) electrons. The van der Waals surface area contributed by atoms with Gasteiger partial charge in [0.2, 0.25) is 5.91 Å². The van der Waals surface area contributed by atoms with Gasteiger partial charge < -0.3 is 10.2 Å². The smallest absolute Gasteiger partial charge is 0.227 e. The van der Waals surface area contributed by atoms with E-state index in [0.29, 0.717) is 18.5 Å². The minimum atomic E-state index is 0.273. The first kappa shape index (κ1) is 14.1. The average Bonchev–Trinajstić information content (AvgIpc) is 2.49. The number of benzene rings is 1. The second kappa shape index (κ2) is 6.27. The van der Waals surface area contributed by atoms with Crippen LogP contribution in [0.15, 0.2) is 28.7 Å². The van der Waals surface area contributed by atoms with Gasteiger partial charge in [0.05, 0.1) is 6.42 Å². The Labute approximate surface area is 128 Å². The first-order valence-electron chi connectivity index (χ1n) is 7.52. The third-order valence-electron chi connectivity index (χ3n) is 4.51. The van der Waals surface area contributed by atoms with E-state index in [1.165, 1.54) is 19.3 Å². The van der Waals surface area contributed by atoms with Gasteiger partial charge in [-0.25, -0.2) is 0 Å². The number of piperazine rings is 1. The second-order valence-electron chi connectivity index (χ2n) is 5.77. The van der Waals surface area contributed by atoms with E-state index < -0.39 is 0 Å². The monoisotopic (exact) mass is 336 g/mol. The molecule has 0 bridgehead atoms. The molecule has 1 saturated carbocycles. The van der Waals surface area contributed by atoms with E-state index in [4.69, 9.17) is 0 Å². The fraction of sp³-hybridized carbons (Fsp3) is 0.562. The van der Waals surface area contributed by atoms with Gasteiger partial charge in [0.15, 0.2) is 0 Å². The van der Waals surface area contributed by atoms with E-state index in [1.807, 2.05) is 24.3 Å². The Hall–Kier alpha value is -0.870. The van der Waals surface area contributed by atoms with Crippen LogP contribution in [-0.4, -0.2) is 36.0 Å². The molecule has 4 heteroatoms. The summed E-state index contributed by atoms with van der Waals surface area (Å²) in [6.07, 6.45) is 5.41. The van der Waals surface area contributed by atoms with Crippen LogP contribution in [0, 0.1) is 0 Å². The van der Waals surface area contributed by atoms with E-state index >= 15 is 0 Å². The molecular weight excluding hydrogens is 316 g/mol. The number of nitrogens with one attached hydrogen (secondary N) is 1. The van der Waals surface area contributed by atoms with E-state index in [-0.39, 0.29) is 5.91 Å². The summed E-state index contributed by atoms with van der Waals surface area (Å²) in [5.41, 5.74) is 1.09. The third-order valence-corrected chi connectivity index (χ3v) is 5.28. The molecule has 0 aromatic heterocycles. The molecule has 108 valence electrons. The van der Waals surface area contributed by atoms with Crippen molar-refractivity contribution < 1.29 is 4.79 Å². The zero-order valence-corrected chi connectivity index (χ0v) is 13.2. The summed E-state index contributed by atoms with van der Waals surface area (Å²) in [5.74, 6) is 0.273. The zero-order chi connectivity index (χ0) is 13.9. The van der Waals surface area contributed by atoms with Crippen LogP contribution < -0.4 is 5.32 Å². The predicted molar refractivity (Wildman–Crippen MR) is 83.6 cm³/mol. The first-order chi connectivity index (χ1) is 9.75. The Morgan fingerprint density at radius 1 is 1.30 bits per heavy atom. The van der Waals surface area contributed by atoms with Crippen molar-refractivity contribution in [3.05, 3.63) is 34.3 Å². The van der Waals surface area contributed by atoms with Crippen molar-refractivity contribution in [3.8, 4) is 0 Å². The number of fused-ring (bicyclic) bond motifs is 1.